The number of carbonyl (C=O) groups excluding carboxylic acids is 2. The van der Waals surface area contributed by atoms with Gasteiger partial charge in [0.1, 0.15) is 0 Å². The van der Waals surface area contributed by atoms with E-state index < -0.39 is 31.2 Å². The maximum atomic E-state index is 10.2. The molecule has 0 unspecified atom stereocenters. The van der Waals surface area contributed by atoms with Gasteiger partial charge in [0.2, 0.25) is 0 Å². The molecule has 0 saturated heterocycles. The Labute approximate surface area is 106 Å². The Balaban J connectivity index is -0.000000845. The molecule has 3 N–H and O–H groups in total. The molecule has 0 aliphatic carbocycles. The average Bonchev–Trinajstić information content (AvgIpc) is 2.03. The van der Waals surface area contributed by atoms with E-state index in [1.807, 2.05) is 0 Å². The smallest absolute Gasteiger partial charge is 1.00 e. The Morgan fingerprint density at radius 3 is 1.40 bits per heavy atom. The number of hydrogen-bond donors (Lipinski definition) is 3. The molecule has 0 spiro atoms. The van der Waals surface area contributed by atoms with Crippen LogP contribution in [-0.2, 0) is 28.5 Å². The van der Waals surface area contributed by atoms with Crippen LogP contribution >= 0.6 is 0 Å². The van der Waals surface area contributed by atoms with E-state index in [0.717, 1.165) is 0 Å². The molecule has 0 radical (unpaired) electrons. The second-order valence-electron chi connectivity index (χ2n) is 1.73. The SMILES string of the molecule is O=C(O)C(=O)OB(O)OC(=O)C(=O)O.[H-].[Na+]. The zero-order valence-electron chi connectivity index (χ0n) is 8.37. The minimum absolute atomic E-state index is 0. The molecule has 0 aliphatic heterocycles. The van der Waals surface area contributed by atoms with Gasteiger partial charge < -0.3 is 26.0 Å². The van der Waals surface area contributed by atoms with E-state index in [0.29, 0.717) is 0 Å². The maximum absolute atomic E-state index is 10.2. The molecule has 15 heavy (non-hydrogen) atoms. The molecule has 11 heteroatoms. The molecular formula is C4H4BNaO9. The molecule has 0 amide bonds. The Morgan fingerprint density at radius 1 is 0.933 bits per heavy atom. The van der Waals surface area contributed by atoms with Gasteiger partial charge in [0.05, 0.1) is 0 Å². The van der Waals surface area contributed by atoms with Crippen LogP contribution in [0.1, 0.15) is 1.43 Å². The van der Waals surface area contributed by atoms with Crippen molar-refractivity contribution in [3.8, 4) is 0 Å². The first-order valence-corrected chi connectivity index (χ1v) is 2.90. The van der Waals surface area contributed by atoms with E-state index in [2.05, 4.69) is 9.31 Å². The van der Waals surface area contributed by atoms with Crippen molar-refractivity contribution in [2.75, 3.05) is 0 Å². The van der Waals surface area contributed by atoms with Gasteiger partial charge in [-0.3, -0.25) is 0 Å². The van der Waals surface area contributed by atoms with Gasteiger partial charge in [0.15, 0.2) is 0 Å². The van der Waals surface area contributed by atoms with Crippen molar-refractivity contribution >= 4 is 31.2 Å². The third kappa shape index (κ3) is 6.91. The predicted octanol–water partition coefficient (Wildman–Crippen LogP) is -5.66. The fourth-order valence-corrected chi connectivity index (χ4v) is 0.308. The van der Waals surface area contributed by atoms with E-state index >= 15 is 0 Å². The van der Waals surface area contributed by atoms with Gasteiger partial charge in [-0.1, -0.05) is 0 Å². The summed E-state index contributed by atoms with van der Waals surface area (Å²) in [4.78, 5) is 40.0. The van der Waals surface area contributed by atoms with E-state index in [-0.39, 0.29) is 31.0 Å². The monoisotopic (exact) mass is 230 g/mol. The summed E-state index contributed by atoms with van der Waals surface area (Å²) >= 11 is 0. The summed E-state index contributed by atoms with van der Waals surface area (Å²) in [5.74, 6) is -7.85. The van der Waals surface area contributed by atoms with Crippen LogP contribution in [-0.4, -0.2) is 46.4 Å². The third-order valence-electron chi connectivity index (χ3n) is 0.765. The van der Waals surface area contributed by atoms with Gasteiger partial charge in [-0.15, -0.1) is 0 Å². The fraction of sp³-hybridized carbons (Fsp3) is 0. The zero-order valence-corrected chi connectivity index (χ0v) is 9.37. The normalized spacial score (nSPS) is 8.07. The molecule has 0 atom stereocenters. The summed E-state index contributed by atoms with van der Waals surface area (Å²) in [5.41, 5.74) is 0. The molecule has 78 valence electrons. The van der Waals surface area contributed by atoms with Crippen molar-refractivity contribution in [1.82, 2.24) is 0 Å². The largest absolute Gasteiger partial charge is 1.00 e. The first-order chi connectivity index (χ1) is 6.34. The molecule has 0 heterocycles. The van der Waals surface area contributed by atoms with Gasteiger partial charge >= 0.3 is 60.8 Å². The molecule has 9 nitrogen and oxygen atoms in total. The van der Waals surface area contributed by atoms with Crippen molar-refractivity contribution in [3.63, 3.8) is 0 Å². The average molecular weight is 230 g/mol. The molecule has 0 aromatic heterocycles. The van der Waals surface area contributed by atoms with Gasteiger partial charge in [-0.05, 0) is 0 Å². The minimum atomic E-state index is -2.57. The number of carbonyl (C=O) groups is 4. The van der Waals surface area contributed by atoms with Gasteiger partial charge in [-0.2, -0.15) is 0 Å². The van der Waals surface area contributed by atoms with Crippen LogP contribution in [0.3, 0.4) is 0 Å². The molecule has 0 aromatic rings. The van der Waals surface area contributed by atoms with Gasteiger partial charge in [0.25, 0.3) is 0 Å². The van der Waals surface area contributed by atoms with Crippen LogP contribution in [0.4, 0.5) is 0 Å². The second kappa shape index (κ2) is 7.23. The standard InChI is InChI=1S/C4H3BO9.Na.H/c6-1(7)3(10)13-5(12)14-4(11)2(8)9;;/h12H,(H,6,7)(H,8,9);;/q;+1;-1. The van der Waals surface area contributed by atoms with Gasteiger partial charge in [-0.25, -0.2) is 19.2 Å². The Morgan fingerprint density at radius 2 is 1.20 bits per heavy atom. The van der Waals surface area contributed by atoms with E-state index in [1.165, 1.54) is 0 Å². The van der Waals surface area contributed by atoms with Crippen molar-refractivity contribution in [3.05, 3.63) is 0 Å². The number of hydrogen-bond acceptors (Lipinski definition) is 7. The summed E-state index contributed by atoms with van der Waals surface area (Å²) in [6.07, 6.45) is 0. The fourth-order valence-electron chi connectivity index (χ4n) is 0.308. The number of aliphatic carboxylic acids is 2. The molecule has 0 fully saturated rings. The van der Waals surface area contributed by atoms with Crippen LogP contribution in [0, 0.1) is 0 Å². The topological polar surface area (TPSA) is 147 Å². The first kappa shape index (κ1) is 16.3. The van der Waals surface area contributed by atoms with Crippen LogP contribution in [0.5, 0.6) is 0 Å². The molecule has 0 rings (SSSR count). The van der Waals surface area contributed by atoms with Crippen molar-refractivity contribution in [2.24, 2.45) is 0 Å². The quantitative estimate of drug-likeness (QED) is 0.311. The summed E-state index contributed by atoms with van der Waals surface area (Å²) in [6.45, 7) is 0. The van der Waals surface area contributed by atoms with Crippen LogP contribution in [0.25, 0.3) is 0 Å². The van der Waals surface area contributed by atoms with E-state index in [1.54, 1.807) is 0 Å². The maximum Gasteiger partial charge on any atom is 1.00 e. The van der Waals surface area contributed by atoms with Crippen molar-refractivity contribution in [2.45, 2.75) is 0 Å². The van der Waals surface area contributed by atoms with Crippen molar-refractivity contribution < 1.29 is 74.7 Å². The van der Waals surface area contributed by atoms with Crippen LogP contribution < -0.4 is 29.6 Å². The molecule has 0 aromatic carbocycles. The summed E-state index contributed by atoms with van der Waals surface area (Å²) in [5, 5.41) is 24.3. The summed E-state index contributed by atoms with van der Waals surface area (Å²) in [7, 11) is -2.57. The molecule has 0 bridgehead atoms. The number of carboxylic acid groups (broad SMARTS) is 2. The molecule has 0 saturated carbocycles. The zero-order chi connectivity index (χ0) is 11.3. The summed E-state index contributed by atoms with van der Waals surface area (Å²) < 4.78 is 7.09. The van der Waals surface area contributed by atoms with Crippen molar-refractivity contribution in [1.29, 1.82) is 0 Å². The van der Waals surface area contributed by atoms with Crippen LogP contribution in [0.15, 0.2) is 0 Å². The summed E-state index contributed by atoms with van der Waals surface area (Å²) in [6, 6.07) is 0. The Bertz CT molecular complexity index is 265. The van der Waals surface area contributed by atoms with Crippen LogP contribution in [0.2, 0.25) is 0 Å². The van der Waals surface area contributed by atoms with E-state index in [9.17, 15) is 19.2 Å². The predicted molar refractivity (Wildman–Crippen MR) is 36.5 cm³/mol. The second-order valence-corrected chi connectivity index (χ2v) is 1.73. The molecule has 0 aliphatic rings. The Hall–Kier alpha value is -1.10. The van der Waals surface area contributed by atoms with Gasteiger partial charge in [0, 0.05) is 0 Å². The Kier molecular flexibility index (Phi) is 7.88. The number of rotatable bonds is 2. The van der Waals surface area contributed by atoms with E-state index in [4.69, 9.17) is 15.2 Å². The minimum Gasteiger partial charge on any atom is -1.00 e. The first-order valence-electron chi connectivity index (χ1n) is 2.90. The third-order valence-corrected chi connectivity index (χ3v) is 0.765. The number of carboxylic acids is 2. The molecular weight excluding hydrogens is 226 g/mol.